The molecule has 4 N–H and O–H groups in total. The van der Waals surface area contributed by atoms with E-state index in [-0.39, 0.29) is 18.3 Å². The van der Waals surface area contributed by atoms with Crippen molar-refractivity contribution in [3.63, 3.8) is 0 Å². The minimum Gasteiger partial charge on any atom is -0.392 e. The van der Waals surface area contributed by atoms with E-state index in [0.29, 0.717) is 5.69 Å². The van der Waals surface area contributed by atoms with E-state index in [2.05, 4.69) is 24.9 Å². The number of aliphatic hydroxyl groups excluding tert-OH is 1. The number of rotatable bonds is 3. The monoisotopic (exact) mass is 259 g/mol. The van der Waals surface area contributed by atoms with E-state index in [1.54, 1.807) is 0 Å². The Bertz CT molecular complexity index is 718. The van der Waals surface area contributed by atoms with Crippen LogP contribution in [-0.2, 0) is 6.61 Å². The third-order valence-corrected chi connectivity index (χ3v) is 3.11. The first-order valence-corrected chi connectivity index (χ1v) is 5.86. The topological polar surface area (TPSA) is 114 Å². The number of fused-ring (bicyclic) bond motifs is 1. The van der Waals surface area contributed by atoms with E-state index in [4.69, 9.17) is 10.8 Å². The number of imidazole rings is 1. The van der Waals surface area contributed by atoms with Crippen LogP contribution in [0.4, 0.5) is 5.82 Å². The van der Waals surface area contributed by atoms with E-state index in [1.807, 2.05) is 25.1 Å². The molecule has 3 aromatic rings. The van der Waals surface area contributed by atoms with Gasteiger partial charge in [0.1, 0.15) is 11.5 Å². The zero-order chi connectivity index (χ0) is 13.4. The first kappa shape index (κ1) is 11.7. The third-order valence-electron chi connectivity index (χ3n) is 3.11. The van der Waals surface area contributed by atoms with Gasteiger partial charge in [-0.2, -0.15) is 0 Å². The van der Waals surface area contributed by atoms with Crippen LogP contribution in [0.1, 0.15) is 29.9 Å². The molecule has 2 heterocycles. The molecule has 1 atom stereocenters. The van der Waals surface area contributed by atoms with Gasteiger partial charge in [-0.05, 0) is 29.8 Å². The zero-order valence-electron chi connectivity index (χ0n) is 10.3. The number of hydrogen-bond donors (Lipinski definition) is 3. The number of benzene rings is 1. The summed E-state index contributed by atoms with van der Waals surface area (Å²) in [5.41, 5.74) is 8.75. The van der Waals surface area contributed by atoms with Crippen molar-refractivity contribution in [1.82, 2.24) is 20.3 Å². The van der Waals surface area contributed by atoms with Crippen LogP contribution >= 0.6 is 0 Å². The molecule has 1 aromatic carbocycles. The summed E-state index contributed by atoms with van der Waals surface area (Å²) in [4.78, 5) is 7.69. The summed E-state index contributed by atoms with van der Waals surface area (Å²) < 4.78 is 4.60. The number of hydrogen-bond acceptors (Lipinski definition) is 6. The molecule has 0 spiro atoms. The van der Waals surface area contributed by atoms with Crippen LogP contribution in [0.2, 0.25) is 0 Å². The van der Waals surface area contributed by atoms with Gasteiger partial charge in [-0.3, -0.25) is 0 Å². The highest BCUT2D eigenvalue weighted by Crippen LogP contribution is 2.26. The standard InChI is InChI=1S/C12H13N5O2/c1-6(10-11(13)17-19-16-10)12-14-8-3-2-7(5-18)4-9(8)15-12/h2-4,6,18H,5H2,1H3,(H2,13,17)(H,14,15). The summed E-state index contributed by atoms with van der Waals surface area (Å²) in [5.74, 6) is 0.854. The van der Waals surface area contributed by atoms with Crippen LogP contribution in [0.25, 0.3) is 11.0 Å². The van der Waals surface area contributed by atoms with Gasteiger partial charge < -0.3 is 15.8 Å². The fraction of sp³-hybridized carbons (Fsp3) is 0.250. The van der Waals surface area contributed by atoms with Gasteiger partial charge in [0.2, 0.25) is 0 Å². The van der Waals surface area contributed by atoms with Crippen molar-refractivity contribution < 1.29 is 9.74 Å². The van der Waals surface area contributed by atoms with Crippen molar-refractivity contribution in [3.05, 3.63) is 35.3 Å². The highest BCUT2D eigenvalue weighted by atomic mass is 16.6. The molecule has 2 aromatic heterocycles. The minimum atomic E-state index is -0.142. The summed E-state index contributed by atoms with van der Waals surface area (Å²) in [6.45, 7) is 1.91. The number of nitrogen functional groups attached to an aromatic ring is 1. The Hall–Kier alpha value is -2.41. The summed E-state index contributed by atoms with van der Waals surface area (Å²) in [7, 11) is 0. The quantitative estimate of drug-likeness (QED) is 0.650. The Morgan fingerprint density at radius 1 is 1.42 bits per heavy atom. The first-order chi connectivity index (χ1) is 9.19. The molecule has 98 valence electrons. The van der Waals surface area contributed by atoms with Crippen LogP contribution in [0.5, 0.6) is 0 Å². The lowest BCUT2D eigenvalue weighted by atomic mass is 10.1. The lowest BCUT2D eigenvalue weighted by Gasteiger charge is -2.02. The van der Waals surface area contributed by atoms with Crippen LogP contribution in [0.15, 0.2) is 22.8 Å². The lowest BCUT2D eigenvalue weighted by Crippen LogP contribution is -2.02. The summed E-state index contributed by atoms with van der Waals surface area (Å²) in [6, 6.07) is 5.57. The second-order valence-corrected chi connectivity index (χ2v) is 4.39. The molecule has 0 amide bonds. The molecule has 7 heteroatoms. The Labute approximate surface area is 108 Å². The van der Waals surface area contributed by atoms with E-state index < -0.39 is 0 Å². The van der Waals surface area contributed by atoms with Gasteiger partial charge in [-0.25, -0.2) is 9.61 Å². The largest absolute Gasteiger partial charge is 0.392 e. The van der Waals surface area contributed by atoms with Crippen LogP contribution < -0.4 is 5.73 Å². The SMILES string of the molecule is CC(c1nc2cc(CO)ccc2[nH]1)c1nonc1N. The molecule has 0 aliphatic heterocycles. The molecular weight excluding hydrogens is 246 g/mol. The molecule has 0 fully saturated rings. The third kappa shape index (κ3) is 1.93. The van der Waals surface area contributed by atoms with Gasteiger partial charge in [-0.1, -0.05) is 11.2 Å². The number of H-pyrrole nitrogens is 1. The second-order valence-electron chi connectivity index (χ2n) is 4.39. The Morgan fingerprint density at radius 2 is 2.26 bits per heavy atom. The van der Waals surface area contributed by atoms with Crippen LogP contribution in [0.3, 0.4) is 0 Å². The van der Waals surface area contributed by atoms with Gasteiger partial charge in [0.05, 0.1) is 23.6 Å². The van der Waals surface area contributed by atoms with E-state index in [1.165, 1.54) is 0 Å². The van der Waals surface area contributed by atoms with E-state index in [9.17, 15) is 0 Å². The average molecular weight is 259 g/mol. The maximum Gasteiger partial charge on any atom is 0.192 e. The summed E-state index contributed by atoms with van der Waals surface area (Å²) in [6.07, 6.45) is 0. The van der Waals surface area contributed by atoms with E-state index in [0.717, 1.165) is 22.4 Å². The molecule has 0 aliphatic rings. The Morgan fingerprint density at radius 3 is 2.95 bits per heavy atom. The van der Waals surface area contributed by atoms with Gasteiger partial charge in [-0.15, -0.1) is 0 Å². The van der Waals surface area contributed by atoms with Crippen molar-refractivity contribution in [3.8, 4) is 0 Å². The Balaban J connectivity index is 2.03. The minimum absolute atomic E-state index is 0.00611. The van der Waals surface area contributed by atoms with Crippen LogP contribution in [0, 0.1) is 0 Å². The average Bonchev–Trinajstić information content (AvgIpc) is 3.02. The molecule has 0 saturated carbocycles. The maximum atomic E-state index is 9.11. The molecule has 0 aliphatic carbocycles. The summed E-state index contributed by atoms with van der Waals surface area (Å²) >= 11 is 0. The molecule has 0 bridgehead atoms. The van der Waals surface area contributed by atoms with Gasteiger partial charge in [0, 0.05) is 0 Å². The normalized spacial score (nSPS) is 12.9. The molecule has 7 nitrogen and oxygen atoms in total. The number of aromatic nitrogens is 4. The van der Waals surface area contributed by atoms with Crippen molar-refractivity contribution >= 4 is 16.9 Å². The Kier molecular flexibility index (Phi) is 2.68. The van der Waals surface area contributed by atoms with Crippen molar-refractivity contribution in [2.24, 2.45) is 0 Å². The molecule has 0 saturated heterocycles. The number of nitrogens with zero attached hydrogens (tertiary/aromatic N) is 3. The van der Waals surface area contributed by atoms with Gasteiger partial charge >= 0.3 is 0 Å². The second kappa shape index (κ2) is 4.36. The first-order valence-electron chi connectivity index (χ1n) is 5.86. The highest BCUT2D eigenvalue weighted by molar-refractivity contribution is 5.76. The van der Waals surface area contributed by atoms with Crippen molar-refractivity contribution in [1.29, 1.82) is 0 Å². The van der Waals surface area contributed by atoms with Gasteiger partial charge in [0.15, 0.2) is 5.82 Å². The molecular formula is C12H13N5O2. The predicted octanol–water partition coefficient (Wildman–Crippen LogP) is 1.17. The predicted molar refractivity (Wildman–Crippen MR) is 68.2 cm³/mol. The van der Waals surface area contributed by atoms with Crippen LogP contribution in [-0.4, -0.2) is 25.4 Å². The maximum absolute atomic E-state index is 9.11. The molecule has 19 heavy (non-hydrogen) atoms. The number of aliphatic hydroxyl groups is 1. The number of nitrogens with one attached hydrogen (secondary N) is 1. The van der Waals surface area contributed by atoms with Crippen molar-refractivity contribution in [2.45, 2.75) is 19.4 Å². The summed E-state index contributed by atoms with van der Waals surface area (Å²) in [5, 5.41) is 16.5. The fourth-order valence-corrected chi connectivity index (χ4v) is 2.01. The number of aromatic amines is 1. The highest BCUT2D eigenvalue weighted by Gasteiger charge is 2.20. The molecule has 3 rings (SSSR count). The smallest absolute Gasteiger partial charge is 0.192 e. The lowest BCUT2D eigenvalue weighted by molar-refractivity contribution is 0.282. The van der Waals surface area contributed by atoms with Crippen molar-refractivity contribution in [2.75, 3.05) is 5.73 Å². The van der Waals surface area contributed by atoms with Gasteiger partial charge in [0.25, 0.3) is 0 Å². The zero-order valence-corrected chi connectivity index (χ0v) is 10.3. The fourth-order valence-electron chi connectivity index (χ4n) is 2.01. The number of anilines is 1. The van der Waals surface area contributed by atoms with E-state index >= 15 is 0 Å². The number of nitrogens with two attached hydrogens (primary N) is 1. The molecule has 0 radical (unpaired) electrons. The molecule has 1 unspecified atom stereocenters.